The Bertz CT molecular complexity index is 508. The summed E-state index contributed by atoms with van der Waals surface area (Å²) >= 11 is 0. The average molecular weight is 294 g/mol. The van der Waals surface area contributed by atoms with Gasteiger partial charge in [-0.05, 0) is 39.8 Å². The fourth-order valence-corrected chi connectivity index (χ4v) is 2.60. The fourth-order valence-electron chi connectivity index (χ4n) is 2.60. The summed E-state index contributed by atoms with van der Waals surface area (Å²) in [5.41, 5.74) is 0.267. The molecule has 1 fully saturated rings. The number of halogens is 1. The van der Waals surface area contributed by atoms with Gasteiger partial charge in [0.1, 0.15) is 11.6 Å². The van der Waals surface area contributed by atoms with E-state index in [-0.39, 0.29) is 17.5 Å². The molecule has 2 atom stereocenters. The van der Waals surface area contributed by atoms with Crippen molar-refractivity contribution in [3.8, 4) is 0 Å². The van der Waals surface area contributed by atoms with Crippen LogP contribution in [0.2, 0.25) is 0 Å². The van der Waals surface area contributed by atoms with Gasteiger partial charge in [-0.15, -0.1) is 0 Å². The van der Waals surface area contributed by atoms with Crippen molar-refractivity contribution in [2.24, 2.45) is 0 Å². The minimum atomic E-state index is -0.501. The number of hydrogen-bond acceptors (Lipinski definition) is 4. The molecule has 2 heterocycles. The van der Waals surface area contributed by atoms with Gasteiger partial charge in [0, 0.05) is 25.2 Å². The van der Waals surface area contributed by atoms with Gasteiger partial charge in [0.15, 0.2) is 0 Å². The number of amides is 1. The Balaban J connectivity index is 2.08. The van der Waals surface area contributed by atoms with Crippen molar-refractivity contribution >= 4 is 11.7 Å². The van der Waals surface area contributed by atoms with E-state index in [1.807, 2.05) is 6.92 Å². The van der Waals surface area contributed by atoms with Crippen molar-refractivity contribution in [2.45, 2.75) is 38.8 Å². The molecule has 1 aliphatic rings. The summed E-state index contributed by atoms with van der Waals surface area (Å²) in [4.78, 5) is 18.6. The van der Waals surface area contributed by atoms with Crippen LogP contribution in [0.5, 0.6) is 0 Å². The van der Waals surface area contributed by atoms with Crippen molar-refractivity contribution in [1.29, 1.82) is 0 Å². The van der Waals surface area contributed by atoms with Gasteiger partial charge in [-0.2, -0.15) is 0 Å². The lowest BCUT2D eigenvalue weighted by molar-refractivity contribution is 0.0896. The Morgan fingerprint density at radius 3 is 3.00 bits per heavy atom. The van der Waals surface area contributed by atoms with E-state index >= 15 is 0 Å². The van der Waals surface area contributed by atoms with Gasteiger partial charge in [-0.25, -0.2) is 9.37 Å². The van der Waals surface area contributed by atoms with E-state index in [1.165, 1.54) is 6.07 Å². The first-order valence-electron chi connectivity index (χ1n) is 7.41. The van der Waals surface area contributed by atoms with Gasteiger partial charge in [0.2, 0.25) is 0 Å². The monoisotopic (exact) mass is 294 g/mol. The second kappa shape index (κ2) is 6.85. The lowest BCUT2D eigenvalue weighted by Crippen LogP contribution is -2.47. The molecule has 1 aliphatic heterocycles. The minimum absolute atomic E-state index is 0.126. The van der Waals surface area contributed by atoms with E-state index in [1.54, 1.807) is 0 Å². The maximum Gasteiger partial charge on any atom is 0.255 e. The van der Waals surface area contributed by atoms with Crippen LogP contribution in [0.3, 0.4) is 0 Å². The lowest BCUT2D eigenvalue weighted by atomic mass is 9.98. The zero-order chi connectivity index (χ0) is 15.4. The van der Waals surface area contributed by atoms with Gasteiger partial charge in [-0.3, -0.25) is 4.79 Å². The Labute approximate surface area is 124 Å². The number of likely N-dealkylation sites (tertiary alicyclic amines) is 1. The third kappa shape index (κ3) is 3.91. The van der Waals surface area contributed by atoms with Crippen LogP contribution in [0.1, 0.15) is 37.0 Å². The summed E-state index contributed by atoms with van der Waals surface area (Å²) in [5, 5.41) is 5.99. The highest BCUT2D eigenvalue weighted by Crippen LogP contribution is 2.18. The van der Waals surface area contributed by atoms with Crippen LogP contribution >= 0.6 is 0 Å². The molecule has 2 rings (SSSR count). The molecule has 0 saturated carbocycles. The normalized spacial score (nSPS) is 22.9. The van der Waals surface area contributed by atoms with E-state index in [4.69, 9.17) is 0 Å². The molecule has 1 aromatic rings. The van der Waals surface area contributed by atoms with E-state index < -0.39 is 5.82 Å². The highest BCUT2D eigenvalue weighted by molar-refractivity contribution is 5.98. The number of carbonyl (C=O) groups is 1. The molecule has 0 spiro atoms. The van der Waals surface area contributed by atoms with E-state index in [0.717, 1.165) is 25.6 Å². The van der Waals surface area contributed by atoms with Crippen LogP contribution in [-0.2, 0) is 0 Å². The molecule has 2 unspecified atom stereocenters. The maximum atomic E-state index is 13.4. The highest BCUT2D eigenvalue weighted by Gasteiger charge is 2.25. The quantitative estimate of drug-likeness (QED) is 0.890. The Hall–Kier alpha value is -1.69. The summed E-state index contributed by atoms with van der Waals surface area (Å²) in [6, 6.07) is 1.79. The first-order valence-corrected chi connectivity index (χ1v) is 7.41. The molecule has 0 bridgehead atoms. The molecule has 21 heavy (non-hydrogen) atoms. The molecule has 0 aliphatic carbocycles. The van der Waals surface area contributed by atoms with Crippen molar-refractivity contribution in [2.75, 3.05) is 25.5 Å². The Morgan fingerprint density at radius 1 is 1.57 bits per heavy atom. The van der Waals surface area contributed by atoms with Crippen molar-refractivity contribution in [3.63, 3.8) is 0 Å². The third-order valence-electron chi connectivity index (χ3n) is 3.99. The topological polar surface area (TPSA) is 57.3 Å². The van der Waals surface area contributed by atoms with Crippen LogP contribution in [0, 0.1) is 5.82 Å². The minimum Gasteiger partial charge on any atom is -0.370 e. The SMILES string of the molecule is CCNc1ncc(F)cc1C(=O)NC1CCN(C)C(C)C1. The fraction of sp³-hybridized carbons (Fsp3) is 0.600. The Kier molecular flexibility index (Phi) is 5.12. The number of carbonyl (C=O) groups excluding carboxylic acids is 1. The van der Waals surface area contributed by atoms with Crippen molar-refractivity contribution in [1.82, 2.24) is 15.2 Å². The second-order valence-corrected chi connectivity index (χ2v) is 5.60. The van der Waals surface area contributed by atoms with E-state index in [0.29, 0.717) is 18.4 Å². The third-order valence-corrected chi connectivity index (χ3v) is 3.99. The maximum absolute atomic E-state index is 13.4. The predicted octanol–water partition coefficient (Wildman–Crippen LogP) is 1.86. The van der Waals surface area contributed by atoms with E-state index in [2.05, 4.69) is 34.5 Å². The molecule has 1 aromatic heterocycles. The summed E-state index contributed by atoms with van der Waals surface area (Å²) in [6.07, 6.45) is 2.93. The lowest BCUT2D eigenvalue weighted by Gasteiger charge is -2.35. The molecule has 116 valence electrons. The summed E-state index contributed by atoms with van der Waals surface area (Å²) in [7, 11) is 2.09. The molecular weight excluding hydrogens is 271 g/mol. The first kappa shape index (κ1) is 15.7. The molecule has 1 amide bonds. The standard InChI is InChI=1S/C15H23FN4O/c1-4-17-14-13(8-11(16)9-18-14)15(21)19-12-5-6-20(3)10(2)7-12/h8-10,12H,4-7H2,1-3H3,(H,17,18)(H,19,21). The summed E-state index contributed by atoms with van der Waals surface area (Å²) in [5.74, 6) is -0.337. The molecule has 1 saturated heterocycles. The Morgan fingerprint density at radius 2 is 2.33 bits per heavy atom. The molecule has 5 nitrogen and oxygen atoms in total. The van der Waals surface area contributed by atoms with Gasteiger partial charge in [0.05, 0.1) is 11.8 Å². The molecule has 0 radical (unpaired) electrons. The predicted molar refractivity (Wildman–Crippen MR) is 80.9 cm³/mol. The van der Waals surface area contributed by atoms with Crippen LogP contribution in [0.15, 0.2) is 12.3 Å². The highest BCUT2D eigenvalue weighted by atomic mass is 19.1. The average Bonchev–Trinajstić information content (AvgIpc) is 2.45. The summed E-state index contributed by atoms with van der Waals surface area (Å²) < 4.78 is 13.4. The molecule has 0 aromatic carbocycles. The number of hydrogen-bond donors (Lipinski definition) is 2. The van der Waals surface area contributed by atoms with Crippen LogP contribution in [0.25, 0.3) is 0 Å². The first-order chi connectivity index (χ1) is 10.0. The summed E-state index contributed by atoms with van der Waals surface area (Å²) in [6.45, 7) is 5.63. The number of rotatable bonds is 4. The van der Waals surface area contributed by atoms with E-state index in [9.17, 15) is 9.18 Å². The largest absolute Gasteiger partial charge is 0.370 e. The number of nitrogens with zero attached hydrogens (tertiary/aromatic N) is 2. The number of nitrogens with one attached hydrogen (secondary N) is 2. The number of aromatic nitrogens is 1. The zero-order valence-electron chi connectivity index (χ0n) is 12.8. The smallest absolute Gasteiger partial charge is 0.255 e. The molecule has 2 N–H and O–H groups in total. The number of piperidine rings is 1. The van der Waals surface area contributed by atoms with Crippen LogP contribution < -0.4 is 10.6 Å². The van der Waals surface area contributed by atoms with Gasteiger partial charge >= 0.3 is 0 Å². The molecule has 6 heteroatoms. The second-order valence-electron chi connectivity index (χ2n) is 5.60. The number of anilines is 1. The van der Waals surface area contributed by atoms with Gasteiger partial charge < -0.3 is 15.5 Å². The van der Waals surface area contributed by atoms with Gasteiger partial charge in [0.25, 0.3) is 5.91 Å². The van der Waals surface area contributed by atoms with Gasteiger partial charge in [-0.1, -0.05) is 0 Å². The zero-order valence-corrected chi connectivity index (χ0v) is 12.8. The van der Waals surface area contributed by atoms with Crippen molar-refractivity contribution < 1.29 is 9.18 Å². The van der Waals surface area contributed by atoms with Crippen LogP contribution in [-0.4, -0.2) is 48.0 Å². The number of pyridine rings is 1. The van der Waals surface area contributed by atoms with Crippen LogP contribution in [0.4, 0.5) is 10.2 Å². The molecular formula is C15H23FN4O. The van der Waals surface area contributed by atoms with Crippen molar-refractivity contribution in [3.05, 3.63) is 23.6 Å².